The molecule has 0 unspecified atom stereocenters. The van der Waals surface area contributed by atoms with Crippen LogP contribution in [0.25, 0.3) is 21.8 Å². The Bertz CT molecular complexity index is 2080. The molecule has 10 nitrogen and oxygen atoms in total. The van der Waals surface area contributed by atoms with Gasteiger partial charge in [-0.3, -0.25) is 0 Å². The highest BCUT2D eigenvalue weighted by Gasteiger charge is 2.37. The zero-order valence-electron chi connectivity index (χ0n) is 17.2. The number of aliphatic imine (C=N–C) groups is 2. The van der Waals surface area contributed by atoms with Crippen LogP contribution in [0.4, 0.5) is 11.6 Å². The minimum atomic E-state index is -0.833. The van der Waals surface area contributed by atoms with Crippen LogP contribution in [-0.2, 0) is 0 Å². The molecule has 0 amide bonds. The zero-order valence-corrected chi connectivity index (χ0v) is 21.0. The lowest BCUT2D eigenvalue weighted by molar-refractivity contribution is 0.935. The summed E-state index contributed by atoms with van der Waals surface area (Å²) in [5, 5.41) is 1.72. The molecule has 0 spiro atoms. The van der Waals surface area contributed by atoms with Crippen molar-refractivity contribution < 1.29 is 0 Å². The molecular formula is C20H4BCl5N10. The Morgan fingerprint density at radius 2 is 1.08 bits per heavy atom. The summed E-state index contributed by atoms with van der Waals surface area (Å²) >= 11 is 32.0. The fourth-order valence-corrected chi connectivity index (χ4v) is 5.47. The van der Waals surface area contributed by atoms with E-state index in [0.717, 1.165) is 10.8 Å². The summed E-state index contributed by atoms with van der Waals surface area (Å²) in [4.78, 5) is 36.8. The van der Waals surface area contributed by atoms with Gasteiger partial charge in [-0.2, -0.15) is 0 Å². The number of nitrogens with zero attached hydrogens (tertiary/aromatic N) is 10. The molecule has 0 saturated heterocycles. The molecule has 8 rings (SSSR count). The average Bonchev–Trinajstić information content (AvgIpc) is 3.45. The van der Waals surface area contributed by atoms with Gasteiger partial charge in [-0.15, -0.1) is 11.5 Å². The molecule has 16 heteroatoms. The Labute approximate surface area is 224 Å². The molecule has 172 valence electrons. The summed E-state index contributed by atoms with van der Waals surface area (Å²) in [7, 11) is 0. The van der Waals surface area contributed by atoms with E-state index in [1.807, 2.05) is 24.3 Å². The minimum absolute atomic E-state index is 0.00985. The topological polar surface area (TPSA) is 111 Å². The number of hydrogen-bond donors (Lipinski definition) is 0. The summed E-state index contributed by atoms with van der Waals surface area (Å²) < 4.78 is 3.47. The molecule has 1 aromatic carbocycles. The molecule has 36 heavy (non-hydrogen) atoms. The van der Waals surface area contributed by atoms with Crippen molar-refractivity contribution in [2.75, 3.05) is 0 Å². The van der Waals surface area contributed by atoms with E-state index in [-0.39, 0.29) is 32.3 Å². The van der Waals surface area contributed by atoms with Crippen LogP contribution < -0.4 is 11.0 Å². The van der Waals surface area contributed by atoms with Crippen LogP contribution in [0.15, 0.2) is 44.2 Å². The van der Waals surface area contributed by atoms with Crippen molar-refractivity contribution in [2.24, 2.45) is 20.0 Å². The summed E-state index contributed by atoms with van der Waals surface area (Å²) in [6.07, 6.45) is -0.833. The van der Waals surface area contributed by atoms with Crippen LogP contribution in [-0.4, -0.2) is 47.0 Å². The van der Waals surface area contributed by atoms with Crippen molar-refractivity contribution in [2.45, 2.75) is 0 Å². The fraction of sp³-hybridized carbons (Fsp3) is 0. The molecule has 3 aliphatic heterocycles. The van der Waals surface area contributed by atoms with Crippen molar-refractivity contribution in [1.29, 1.82) is 0 Å². The second kappa shape index (κ2) is 7.02. The number of fused-ring (bicyclic) bond motifs is 10. The highest BCUT2D eigenvalue weighted by molar-refractivity contribution is 7.05. The van der Waals surface area contributed by atoms with E-state index in [1.165, 1.54) is 0 Å². The highest BCUT2D eigenvalue weighted by Crippen LogP contribution is 2.41. The standard InChI is InChI=1S/C20H4BCl5N10/c22-11-12(23)28-8-7(27-11)15-31-16(8)33-19-9-10(30-14(25)13(24)29-9)20-34-18-6-4-2-1-3-5(6)17(32-15)35(18)21(26)36(19)20/h1-4H/b32-15-,32-17?,33-16?,33-19-. The molecule has 0 saturated carbocycles. The van der Waals surface area contributed by atoms with Crippen molar-refractivity contribution in [3.8, 4) is 0 Å². The smallest absolute Gasteiger partial charge is 0.319 e. The third-order valence-electron chi connectivity index (χ3n) is 6.07. The van der Waals surface area contributed by atoms with E-state index in [2.05, 4.69) is 24.9 Å². The third kappa shape index (κ3) is 2.56. The van der Waals surface area contributed by atoms with Gasteiger partial charge in [0.05, 0.1) is 0 Å². The maximum absolute atomic E-state index is 7.13. The second-order valence-corrected chi connectivity index (χ2v) is 9.81. The van der Waals surface area contributed by atoms with Gasteiger partial charge in [-0.25, -0.2) is 39.9 Å². The van der Waals surface area contributed by atoms with Gasteiger partial charge in [-0.05, 0) is 0 Å². The second-order valence-electron chi connectivity index (χ2n) is 7.99. The molecule has 3 aliphatic rings. The predicted octanol–water partition coefficient (Wildman–Crippen LogP) is 4.15. The Kier molecular flexibility index (Phi) is 4.10. The molecule has 0 aliphatic carbocycles. The Morgan fingerprint density at radius 3 is 1.69 bits per heavy atom. The molecule has 5 aromatic rings. The van der Waals surface area contributed by atoms with Gasteiger partial charge in [-0.1, -0.05) is 70.7 Å². The Hall–Kier alpha value is -3.09. The summed E-state index contributed by atoms with van der Waals surface area (Å²) in [6, 6.07) is 7.69. The first-order chi connectivity index (χ1) is 17.4. The maximum Gasteiger partial charge on any atom is 0.499 e. The minimum Gasteiger partial charge on any atom is -0.319 e. The van der Waals surface area contributed by atoms with Gasteiger partial charge >= 0.3 is 6.40 Å². The lowest BCUT2D eigenvalue weighted by atomic mass is 10.1. The van der Waals surface area contributed by atoms with Crippen LogP contribution in [0.1, 0.15) is 11.4 Å². The summed E-state index contributed by atoms with van der Waals surface area (Å²) in [5.41, 5.74) is 2.09. The van der Waals surface area contributed by atoms with Crippen LogP contribution >= 0.6 is 57.9 Å². The molecule has 0 atom stereocenters. The third-order valence-corrected chi connectivity index (χ3v) is 7.71. The summed E-state index contributed by atoms with van der Waals surface area (Å²) in [5.74, 6) is 1.56. The molecule has 7 heterocycles. The largest absolute Gasteiger partial charge is 0.499 e. The lowest BCUT2D eigenvalue weighted by Gasteiger charge is -2.18. The molecule has 0 radical (unpaired) electrons. The van der Waals surface area contributed by atoms with E-state index >= 15 is 0 Å². The zero-order chi connectivity index (χ0) is 24.5. The fourth-order valence-electron chi connectivity index (χ4n) is 4.60. The molecule has 4 bridgehead atoms. The number of benzene rings is 1. The van der Waals surface area contributed by atoms with Gasteiger partial charge in [0.2, 0.25) is 0 Å². The van der Waals surface area contributed by atoms with Crippen LogP contribution in [0, 0.1) is 0 Å². The average molecular weight is 572 g/mol. The van der Waals surface area contributed by atoms with Crippen molar-refractivity contribution in [3.63, 3.8) is 0 Å². The number of halogens is 5. The first-order valence-corrected chi connectivity index (χ1v) is 12.2. The van der Waals surface area contributed by atoms with E-state index in [0.29, 0.717) is 45.0 Å². The van der Waals surface area contributed by atoms with E-state index in [1.54, 1.807) is 8.96 Å². The van der Waals surface area contributed by atoms with E-state index in [4.69, 9.17) is 72.8 Å². The predicted molar refractivity (Wildman–Crippen MR) is 139 cm³/mol. The first-order valence-electron chi connectivity index (χ1n) is 10.3. The first kappa shape index (κ1) is 21.0. The van der Waals surface area contributed by atoms with Crippen molar-refractivity contribution in [1.82, 2.24) is 28.9 Å². The lowest BCUT2D eigenvalue weighted by Crippen LogP contribution is -2.45. The number of rotatable bonds is 0. The maximum atomic E-state index is 7.13. The van der Waals surface area contributed by atoms with Gasteiger partial charge in [0.25, 0.3) is 0 Å². The number of amidine groups is 2. The van der Waals surface area contributed by atoms with Crippen molar-refractivity contribution >= 4 is 109 Å². The molecule has 0 N–H and O–H groups in total. The van der Waals surface area contributed by atoms with Crippen molar-refractivity contribution in [3.05, 3.63) is 67.2 Å². The molecule has 4 aromatic heterocycles. The highest BCUT2D eigenvalue weighted by atomic mass is 35.5. The molecular weight excluding hydrogens is 568 g/mol. The van der Waals surface area contributed by atoms with E-state index in [9.17, 15) is 0 Å². The number of hydrogen-bond acceptors (Lipinski definition) is 8. The quantitative estimate of drug-likeness (QED) is 0.260. The number of aromatic nitrogens is 6. The van der Waals surface area contributed by atoms with Crippen LogP contribution in [0.2, 0.25) is 20.6 Å². The summed E-state index contributed by atoms with van der Waals surface area (Å²) in [6.45, 7) is 0. The SMILES string of the molecule is ClB1n2c3c4ccccc4c2/N=C2N=C(/N=c4/c5nc(Cl)c(Cl)nc5c(n41)=N3)c1nc(Cl)c(Cl)nc1\2. The Balaban J connectivity index is 1.66. The van der Waals surface area contributed by atoms with E-state index < -0.39 is 6.40 Å². The van der Waals surface area contributed by atoms with Crippen LogP contribution in [0.3, 0.4) is 0 Å². The Morgan fingerprint density at radius 1 is 0.583 bits per heavy atom. The monoisotopic (exact) mass is 570 g/mol. The molecule has 0 fully saturated rings. The van der Waals surface area contributed by atoms with Gasteiger partial charge in [0, 0.05) is 10.8 Å². The normalized spacial score (nSPS) is 17.4. The van der Waals surface area contributed by atoms with Crippen LogP contribution in [0.5, 0.6) is 0 Å². The van der Waals surface area contributed by atoms with Gasteiger partial charge < -0.3 is 8.96 Å². The van der Waals surface area contributed by atoms with Gasteiger partial charge in [0.15, 0.2) is 43.3 Å². The van der Waals surface area contributed by atoms with Gasteiger partial charge in [0.1, 0.15) is 34.1 Å².